The van der Waals surface area contributed by atoms with Crippen molar-refractivity contribution in [2.45, 2.75) is 32.3 Å². The number of hydrogen-bond donors (Lipinski definition) is 1. The third kappa shape index (κ3) is 2.92. The van der Waals surface area contributed by atoms with E-state index >= 15 is 0 Å². The zero-order valence-electron chi connectivity index (χ0n) is 7.26. The van der Waals surface area contributed by atoms with E-state index < -0.39 is 5.60 Å². The molecule has 0 fully saturated rings. The highest BCUT2D eigenvalue weighted by Crippen LogP contribution is 2.18. The molecule has 2 heteroatoms. The minimum atomic E-state index is -0.456. The third-order valence-corrected chi connectivity index (χ3v) is 1.87. The van der Waals surface area contributed by atoms with Crippen LogP contribution < -0.4 is 0 Å². The first-order chi connectivity index (χ1) is 5.24. The molecule has 0 aromatic carbocycles. The van der Waals surface area contributed by atoms with Gasteiger partial charge < -0.3 is 9.84 Å². The van der Waals surface area contributed by atoms with Gasteiger partial charge in [-0.25, -0.2) is 0 Å². The van der Waals surface area contributed by atoms with Crippen LogP contribution in [0.15, 0.2) is 0 Å². The van der Waals surface area contributed by atoms with Crippen LogP contribution in [0.25, 0.3) is 0 Å². The summed E-state index contributed by atoms with van der Waals surface area (Å²) in [5.41, 5.74) is -0.456. The van der Waals surface area contributed by atoms with Crippen molar-refractivity contribution < 1.29 is 9.84 Å². The largest absolute Gasteiger partial charge is 0.394 e. The van der Waals surface area contributed by atoms with Crippen LogP contribution in [0.4, 0.5) is 0 Å². The van der Waals surface area contributed by atoms with Gasteiger partial charge in [0.25, 0.3) is 0 Å². The molecule has 64 valence electrons. The Bertz CT molecular complexity index is 131. The summed E-state index contributed by atoms with van der Waals surface area (Å²) >= 11 is 0. The first-order valence-electron chi connectivity index (χ1n) is 3.97. The van der Waals surface area contributed by atoms with E-state index in [0.717, 1.165) is 12.8 Å². The molecule has 0 unspecified atom stereocenters. The van der Waals surface area contributed by atoms with Crippen molar-refractivity contribution in [3.05, 3.63) is 0 Å². The van der Waals surface area contributed by atoms with Gasteiger partial charge in [-0.2, -0.15) is 0 Å². The van der Waals surface area contributed by atoms with Crippen LogP contribution in [0.5, 0.6) is 0 Å². The molecule has 0 atom stereocenters. The number of aliphatic hydroxyl groups excluding tert-OH is 1. The quantitative estimate of drug-likeness (QED) is 0.606. The van der Waals surface area contributed by atoms with Crippen molar-refractivity contribution in [2.75, 3.05) is 13.2 Å². The number of aliphatic hydroxyl groups is 1. The summed E-state index contributed by atoms with van der Waals surface area (Å²) in [5.74, 6) is 2.62. The first-order valence-corrected chi connectivity index (χ1v) is 3.97. The average Bonchev–Trinajstić information content (AvgIpc) is 2.08. The predicted molar refractivity (Wildman–Crippen MR) is 45.2 cm³/mol. The van der Waals surface area contributed by atoms with Crippen molar-refractivity contribution in [1.82, 2.24) is 0 Å². The summed E-state index contributed by atoms with van der Waals surface area (Å²) in [7, 11) is 0. The molecule has 0 aromatic rings. The number of hydrogen-bond acceptors (Lipinski definition) is 2. The normalized spacial score (nSPS) is 11.1. The average molecular weight is 156 g/mol. The molecule has 0 heterocycles. The molecular weight excluding hydrogens is 140 g/mol. The maximum atomic E-state index is 8.52. The molecule has 0 aromatic heterocycles. The summed E-state index contributed by atoms with van der Waals surface area (Å²) in [6.45, 7) is 4.33. The van der Waals surface area contributed by atoms with E-state index in [4.69, 9.17) is 16.3 Å². The summed E-state index contributed by atoms with van der Waals surface area (Å²) < 4.78 is 5.34. The van der Waals surface area contributed by atoms with Gasteiger partial charge in [-0.1, -0.05) is 19.8 Å². The highest BCUT2D eigenvalue weighted by Gasteiger charge is 2.22. The zero-order chi connectivity index (χ0) is 8.74. The smallest absolute Gasteiger partial charge is 0.128 e. The van der Waals surface area contributed by atoms with E-state index in [9.17, 15) is 0 Å². The molecule has 11 heavy (non-hydrogen) atoms. The van der Waals surface area contributed by atoms with Crippen molar-refractivity contribution in [1.29, 1.82) is 0 Å². The fourth-order valence-corrected chi connectivity index (χ4v) is 0.941. The van der Waals surface area contributed by atoms with Crippen LogP contribution >= 0.6 is 0 Å². The molecule has 0 amide bonds. The van der Waals surface area contributed by atoms with Gasteiger partial charge in [0.1, 0.15) is 5.60 Å². The summed E-state index contributed by atoms with van der Waals surface area (Å²) in [5, 5.41) is 8.52. The standard InChI is InChI=1S/C9H16O2/c1-4-9(5-2,6-3)11-8-7-10/h1,10H,5-8H2,2-3H3. The van der Waals surface area contributed by atoms with Crippen molar-refractivity contribution in [3.63, 3.8) is 0 Å². The molecule has 0 rings (SSSR count). The Morgan fingerprint density at radius 1 is 1.45 bits per heavy atom. The molecule has 0 bridgehead atoms. The number of rotatable bonds is 5. The van der Waals surface area contributed by atoms with Crippen molar-refractivity contribution in [3.8, 4) is 12.3 Å². The van der Waals surface area contributed by atoms with Gasteiger partial charge in [-0.05, 0) is 12.8 Å². The van der Waals surface area contributed by atoms with Crippen LogP contribution in [0.3, 0.4) is 0 Å². The molecule has 1 N–H and O–H groups in total. The van der Waals surface area contributed by atoms with Crippen LogP contribution in [0, 0.1) is 12.3 Å². The first kappa shape index (κ1) is 10.5. The van der Waals surface area contributed by atoms with Crippen LogP contribution in [-0.2, 0) is 4.74 Å². The molecule has 2 nitrogen and oxygen atoms in total. The molecular formula is C9H16O2. The van der Waals surface area contributed by atoms with E-state index in [1.807, 2.05) is 13.8 Å². The molecule has 0 aliphatic rings. The molecule has 0 radical (unpaired) electrons. The summed E-state index contributed by atoms with van der Waals surface area (Å²) in [6.07, 6.45) is 6.90. The summed E-state index contributed by atoms with van der Waals surface area (Å²) in [6, 6.07) is 0. The molecule has 0 saturated heterocycles. The summed E-state index contributed by atoms with van der Waals surface area (Å²) in [4.78, 5) is 0. The lowest BCUT2D eigenvalue weighted by molar-refractivity contribution is -0.0225. The van der Waals surface area contributed by atoms with Crippen molar-refractivity contribution in [2.24, 2.45) is 0 Å². The highest BCUT2D eigenvalue weighted by atomic mass is 16.5. The fourth-order valence-electron chi connectivity index (χ4n) is 0.941. The lowest BCUT2D eigenvalue weighted by atomic mass is 9.98. The van der Waals surface area contributed by atoms with Gasteiger partial charge >= 0.3 is 0 Å². The SMILES string of the molecule is C#CC(CC)(CC)OCCO. The van der Waals surface area contributed by atoms with Crippen LogP contribution in [0.1, 0.15) is 26.7 Å². The monoisotopic (exact) mass is 156 g/mol. The zero-order valence-corrected chi connectivity index (χ0v) is 7.26. The number of terminal acetylenes is 1. The maximum absolute atomic E-state index is 8.52. The highest BCUT2D eigenvalue weighted by molar-refractivity contribution is 5.07. The minimum absolute atomic E-state index is 0.0312. The maximum Gasteiger partial charge on any atom is 0.128 e. The Kier molecular flexibility index (Phi) is 4.93. The van der Waals surface area contributed by atoms with Gasteiger partial charge in [-0.15, -0.1) is 6.42 Å². The fraction of sp³-hybridized carbons (Fsp3) is 0.778. The Hall–Kier alpha value is -0.520. The Morgan fingerprint density at radius 3 is 2.27 bits per heavy atom. The van der Waals surface area contributed by atoms with Gasteiger partial charge in [0.05, 0.1) is 13.2 Å². The van der Waals surface area contributed by atoms with Gasteiger partial charge in [0.15, 0.2) is 0 Å². The Balaban J connectivity index is 3.97. The second-order valence-electron chi connectivity index (χ2n) is 2.42. The molecule has 0 spiro atoms. The van der Waals surface area contributed by atoms with Crippen molar-refractivity contribution >= 4 is 0 Å². The second-order valence-corrected chi connectivity index (χ2v) is 2.42. The molecule has 0 aliphatic heterocycles. The van der Waals surface area contributed by atoms with E-state index in [0.29, 0.717) is 6.61 Å². The van der Waals surface area contributed by atoms with Crippen LogP contribution in [-0.4, -0.2) is 23.9 Å². The van der Waals surface area contributed by atoms with Gasteiger partial charge in [-0.3, -0.25) is 0 Å². The van der Waals surface area contributed by atoms with Crippen LogP contribution in [0.2, 0.25) is 0 Å². The predicted octanol–water partition coefficient (Wildman–Crippen LogP) is 1.19. The minimum Gasteiger partial charge on any atom is -0.394 e. The Labute approximate surface area is 68.6 Å². The Morgan fingerprint density at radius 2 is 2.00 bits per heavy atom. The number of ether oxygens (including phenoxy) is 1. The lowest BCUT2D eigenvalue weighted by Crippen LogP contribution is -2.30. The third-order valence-electron chi connectivity index (χ3n) is 1.87. The van der Waals surface area contributed by atoms with Gasteiger partial charge in [0.2, 0.25) is 0 Å². The van der Waals surface area contributed by atoms with E-state index in [1.165, 1.54) is 0 Å². The lowest BCUT2D eigenvalue weighted by Gasteiger charge is -2.25. The molecule has 0 saturated carbocycles. The van der Waals surface area contributed by atoms with Gasteiger partial charge in [0, 0.05) is 0 Å². The van der Waals surface area contributed by atoms with E-state index in [2.05, 4.69) is 5.92 Å². The molecule has 0 aliphatic carbocycles. The second kappa shape index (κ2) is 5.17. The van der Waals surface area contributed by atoms with E-state index in [-0.39, 0.29) is 6.61 Å². The van der Waals surface area contributed by atoms with E-state index in [1.54, 1.807) is 0 Å². The topological polar surface area (TPSA) is 29.5 Å².